The van der Waals surface area contributed by atoms with Gasteiger partial charge in [0.2, 0.25) is 0 Å². The van der Waals surface area contributed by atoms with Crippen molar-refractivity contribution in [3.8, 4) is 10.6 Å². The Hall–Kier alpha value is -1.20. The normalized spacial score (nSPS) is 19.0. The van der Waals surface area contributed by atoms with Gasteiger partial charge in [0.25, 0.3) is 5.91 Å². The molecule has 1 aromatic carbocycles. The van der Waals surface area contributed by atoms with Gasteiger partial charge in [0.05, 0.1) is 5.56 Å². The highest BCUT2D eigenvalue weighted by atomic mass is 79.9. The molecule has 0 bridgehead atoms. The lowest BCUT2D eigenvalue weighted by Crippen LogP contribution is -2.34. The first-order chi connectivity index (χ1) is 10.1. The topological polar surface area (TPSA) is 33.2 Å². The molecule has 1 fully saturated rings. The number of halogens is 1. The molecule has 1 saturated carbocycles. The van der Waals surface area contributed by atoms with Crippen LogP contribution in [0.1, 0.15) is 35.7 Å². The van der Waals surface area contributed by atoms with Crippen LogP contribution >= 0.6 is 27.3 Å². The first-order valence-corrected chi connectivity index (χ1v) is 8.85. The van der Waals surface area contributed by atoms with E-state index in [0.29, 0.717) is 12.0 Å². The highest BCUT2D eigenvalue weighted by Gasteiger charge is 2.39. The van der Waals surface area contributed by atoms with E-state index in [2.05, 4.69) is 33.9 Å². The zero-order valence-corrected chi connectivity index (χ0v) is 14.1. The summed E-state index contributed by atoms with van der Waals surface area (Å²) in [7, 11) is 0. The van der Waals surface area contributed by atoms with Gasteiger partial charge < -0.3 is 4.90 Å². The molecule has 2 heterocycles. The van der Waals surface area contributed by atoms with Gasteiger partial charge in [0.15, 0.2) is 0 Å². The number of nitrogens with zero attached hydrogens (tertiary/aromatic N) is 2. The lowest BCUT2D eigenvalue weighted by atomic mass is 10.0. The summed E-state index contributed by atoms with van der Waals surface area (Å²) in [6.45, 7) is 2.91. The van der Waals surface area contributed by atoms with Crippen molar-refractivity contribution in [2.45, 2.75) is 32.4 Å². The number of hydrogen-bond acceptors (Lipinski definition) is 3. The number of benzene rings is 1. The van der Waals surface area contributed by atoms with Crippen molar-refractivity contribution in [3.05, 3.63) is 39.3 Å². The molecular formula is C16H15BrN2OS. The van der Waals surface area contributed by atoms with Gasteiger partial charge in [-0.15, -0.1) is 11.3 Å². The molecule has 0 spiro atoms. The highest BCUT2D eigenvalue weighted by Crippen LogP contribution is 2.41. The molecule has 1 atom stereocenters. The van der Waals surface area contributed by atoms with Crippen LogP contribution in [0.4, 0.5) is 0 Å². The second kappa shape index (κ2) is 4.92. The Morgan fingerprint density at radius 3 is 2.90 bits per heavy atom. The standard InChI is InChI=1S/C16H15BrN2OS/c1-9(10-2-3-10)19-8-11-6-12(17)7-13(14(11)16(19)20)15-18-4-5-21-15/h4-7,9-10H,2-3,8H2,1H3. The predicted molar refractivity (Wildman–Crippen MR) is 87.3 cm³/mol. The quantitative estimate of drug-likeness (QED) is 0.813. The van der Waals surface area contributed by atoms with E-state index >= 15 is 0 Å². The molecule has 0 saturated heterocycles. The third-order valence-electron chi connectivity index (χ3n) is 4.46. The minimum atomic E-state index is 0.169. The van der Waals surface area contributed by atoms with Crippen LogP contribution in [-0.4, -0.2) is 21.8 Å². The van der Waals surface area contributed by atoms with E-state index in [1.165, 1.54) is 12.8 Å². The second-order valence-electron chi connectivity index (χ2n) is 5.84. The van der Waals surface area contributed by atoms with Crippen LogP contribution in [0.25, 0.3) is 10.6 Å². The van der Waals surface area contributed by atoms with Gasteiger partial charge >= 0.3 is 0 Å². The van der Waals surface area contributed by atoms with Crippen LogP contribution < -0.4 is 0 Å². The molecule has 1 aromatic heterocycles. The van der Waals surface area contributed by atoms with Crippen LogP contribution in [0.2, 0.25) is 0 Å². The summed E-state index contributed by atoms with van der Waals surface area (Å²) in [6, 6.07) is 4.43. The van der Waals surface area contributed by atoms with Gasteiger partial charge in [-0.1, -0.05) is 15.9 Å². The number of rotatable bonds is 3. The Bertz CT molecular complexity index is 709. The van der Waals surface area contributed by atoms with E-state index in [1.807, 2.05) is 16.3 Å². The van der Waals surface area contributed by atoms with Crippen molar-refractivity contribution in [1.29, 1.82) is 0 Å². The summed E-state index contributed by atoms with van der Waals surface area (Å²) in [5.74, 6) is 0.858. The molecule has 2 aliphatic rings. The number of carbonyl (C=O) groups excluding carboxylic acids is 1. The largest absolute Gasteiger partial charge is 0.331 e. The predicted octanol–water partition coefficient (Wildman–Crippen LogP) is 4.33. The maximum Gasteiger partial charge on any atom is 0.255 e. The smallest absolute Gasteiger partial charge is 0.255 e. The molecule has 0 radical (unpaired) electrons. The molecule has 0 N–H and O–H groups in total. The number of fused-ring (bicyclic) bond motifs is 1. The van der Waals surface area contributed by atoms with E-state index in [1.54, 1.807) is 17.5 Å². The highest BCUT2D eigenvalue weighted by molar-refractivity contribution is 9.10. The third kappa shape index (κ3) is 2.23. The maximum atomic E-state index is 12.9. The Morgan fingerprint density at radius 2 is 2.24 bits per heavy atom. The molecule has 1 aliphatic carbocycles. The van der Waals surface area contributed by atoms with Gasteiger partial charge in [-0.05, 0) is 43.4 Å². The molecule has 5 heteroatoms. The first-order valence-electron chi connectivity index (χ1n) is 7.18. The van der Waals surface area contributed by atoms with Crippen molar-refractivity contribution in [3.63, 3.8) is 0 Å². The molecule has 2 aromatic rings. The number of thiazole rings is 1. The Labute approximate surface area is 136 Å². The van der Waals surface area contributed by atoms with Gasteiger partial charge in [0.1, 0.15) is 5.01 Å². The van der Waals surface area contributed by atoms with Crippen LogP contribution in [0.15, 0.2) is 28.2 Å². The van der Waals surface area contributed by atoms with Crippen molar-refractivity contribution in [1.82, 2.24) is 9.88 Å². The maximum absolute atomic E-state index is 12.9. The average Bonchev–Trinajstić information content (AvgIpc) is 3.06. The Morgan fingerprint density at radius 1 is 1.43 bits per heavy atom. The van der Waals surface area contributed by atoms with Crippen molar-refractivity contribution in [2.24, 2.45) is 5.92 Å². The fourth-order valence-electron chi connectivity index (χ4n) is 3.13. The van der Waals surface area contributed by atoms with Crippen molar-refractivity contribution in [2.75, 3.05) is 0 Å². The average molecular weight is 363 g/mol. The fourth-order valence-corrected chi connectivity index (χ4v) is 4.29. The minimum absolute atomic E-state index is 0.169. The lowest BCUT2D eigenvalue weighted by Gasteiger charge is -2.24. The van der Waals surface area contributed by atoms with Crippen LogP contribution in [0, 0.1) is 5.92 Å². The van der Waals surface area contributed by atoms with Crippen molar-refractivity contribution >= 4 is 33.2 Å². The van der Waals surface area contributed by atoms with E-state index < -0.39 is 0 Å². The summed E-state index contributed by atoms with van der Waals surface area (Å²) < 4.78 is 1.01. The summed E-state index contributed by atoms with van der Waals surface area (Å²) in [6.07, 6.45) is 4.30. The van der Waals surface area contributed by atoms with E-state index in [4.69, 9.17) is 0 Å². The molecule has 4 rings (SSSR count). The van der Waals surface area contributed by atoms with Crippen LogP contribution in [0.3, 0.4) is 0 Å². The molecular weight excluding hydrogens is 348 g/mol. The van der Waals surface area contributed by atoms with E-state index in [0.717, 1.165) is 32.7 Å². The lowest BCUT2D eigenvalue weighted by molar-refractivity contribution is 0.0698. The molecule has 1 unspecified atom stereocenters. The third-order valence-corrected chi connectivity index (χ3v) is 5.72. The Balaban J connectivity index is 1.80. The minimum Gasteiger partial charge on any atom is -0.331 e. The van der Waals surface area contributed by atoms with Crippen molar-refractivity contribution < 1.29 is 4.79 Å². The summed E-state index contributed by atoms with van der Waals surface area (Å²) in [5.41, 5.74) is 2.93. The summed E-state index contributed by atoms with van der Waals surface area (Å²) in [4.78, 5) is 19.3. The van der Waals surface area contributed by atoms with Gasteiger partial charge in [-0.3, -0.25) is 4.79 Å². The molecule has 1 amide bonds. The Kier molecular flexibility index (Phi) is 3.15. The molecule has 108 valence electrons. The van der Waals surface area contributed by atoms with Gasteiger partial charge in [-0.2, -0.15) is 0 Å². The molecule has 21 heavy (non-hydrogen) atoms. The van der Waals surface area contributed by atoms with Crippen LogP contribution in [0.5, 0.6) is 0 Å². The number of amides is 1. The SMILES string of the molecule is CC(C1CC1)N1Cc2cc(Br)cc(-c3nccs3)c2C1=O. The summed E-state index contributed by atoms with van der Waals surface area (Å²) in [5, 5.41) is 2.87. The van der Waals surface area contributed by atoms with Gasteiger partial charge in [-0.25, -0.2) is 4.98 Å². The number of hydrogen-bond donors (Lipinski definition) is 0. The number of carbonyl (C=O) groups is 1. The van der Waals surface area contributed by atoms with E-state index in [-0.39, 0.29) is 5.91 Å². The zero-order chi connectivity index (χ0) is 14.6. The number of aromatic nitrogens is 1. The molecule has 1 aliphatic heterocycles. The fraction of sp³-hybridized carbons (Fsp3) is 0.375. The first kappa shape index (κ1) is 13.5. The molecule has 3 nitrogen and oxygen atoms in total. The van der Waals surface area contributed by atoms with Gasteiger partial charge in [0, 0.05) is 34.2 Å². The van der Waals surface area contributed by atoms with E-state index in [9.17, 15) is 4.79 Å². The zero-order valence-electron chi connectivity index (χ0n) is 11.7. The monoisotopic (exact) mass is 362 g/mol. The second-order valence-corrected chi connectivity index (χ2v) is 7.65. The van der Waals surface area contributed by atoms with Crippen LogP contribution in [-0.2, 0) is 6.54 Å². The summed E-state index contributed by atoms with van der Waals surface area (Å²) >= 11 is 5.14.